The summed E-state index contributed by atoms with van der Waals surface area (Å²) in [5.41, 5.74) is 6.37. The Kier molecular flexibility index (Phi) is 7.15. The van der Waals surface area contributed by atoms with Gasteiger partial charge in [0.2, 0.25) is 11.9 Å². The molecular weight excluding hydrogens is 460 g/mol. The molecule has 2 fully saturated rings. The minimum Gasteiger partial charge on any atom is -0.351 e. The van der Waals surface area contributed by atoms with Crippen LogP contribution >= 0.6 is 0 Å². The summed E-state index contributed by atoms with van der Waals surface area (Å²) in [6.45, 7) is 3.04. The van der Waals surface area contributed by atoms with E-state index in [9.17, 15) is 4.79 Å². The number of benzene rings is 2. The Labute approximate surface area is 219 Å². The maximum Gasteiger partial charge on any atom is 0.237 e. The van der Waals surface area contributed by atoms with Gasteiger partial charge in [0.05, 0.1) is 11.7 Å². The molecule has 7 nitrogen and oxygen atoms in total. The molecule has 1 saturated carbocycles. The monoisotopic (exact) mass is 496 g/mol. The number of carbonyl (C=O) groups excluding carboxylic acids is 1. The van der Waals surface area contributed by atoms with Crippen LogP contribution in [0.1, 0.15) is 61.6 Å². The van der Waals surface area contributed by atoms with Crippen molar-refractivity contribution >= 4 is 17.5 Å². The van der Waals surface area contributed by atoms with E-state index in [1.807, 2.05) is 18.2 Å². The quantitative estimate of drug-likeness (QED) is 0.478. The molecule has 6 bridgehead atoms. The lowest BCUT2D eigenvalue weighted by Gasteiger charge is -2.25. The maximum atomic E-state index is 13.2. The molecule has 1 saturated heterocycles. The van der Waals surface area contributed by atoms with Crippen molar-refractivity contribution in [2.24, 2.45) is 0 Å². The molecule has 3 heterocycles. The molecule has 0 unspecified atom stereocenters. The topological polar surface area (TPSA) is 82.2 Å². The van der Waals surface area contributed by atoms with Gasteiger partial charge in [0.1, 0.15) is 0 Å². The molecule has 3 aromatic rings. The molecule has 3 aliphatic rings. The first-order valence-electron chi connectivity index (χ1n) is 13.8. The maximum absolute atomic E-state index is 13.2. The fraction of sp³-hybridized carbons (Fsp3) is 0.433. The summed E-state index contributed by atoms with van der Waals surface area (Å²) < 4.78 is 0. The summed E-state index contributed by atoms with van der Waals surface area (Å²) in [4.78, 5) is 24.8. The van der Waals surface area contributed by atoms with Crippen LogP contribution in [0.2, 0.25) is 0 Å². The zero-order chi connectivity index (χ0) is 25.0. The first-order valence-corrected chi connectivity index (χ1v) is 13.8. The fourth-order valence-corrected chi connectivity index (χ4v) is 6.00. The van der Waals surface area contributed by atoms with Gasteiger partial charge in [0.15, 0.2) is 0 Å². The molecule has 2 aromatic carbocycles. The van der Waals surface area contributed by atoms with Crippen molar-refractivity contribution in [3.8, 4) is 11.3 Å². The Bertz CT molecular complexity index is 1250. The van der Waals surface area contributed by atoms with Gasteiger partial charge >= 0.3 is 0 Å². The Morgan fingerprint density at radius 2 is 1.89 bits per heavy atom. The number of carbonyl (C=O) groups is 1. The Morgan fingerprint density at radius 1 is 0.973 bits per heavy atom. The number of hydrogen-bond acceptors (Lipinski definition) is 6. The second-order valence-electron chi connectivity index (χ2n) is 10.7. The van der Waals surface area contributed by atoms with E-state index in [0.717, 1.165) is 55.0 Å². The van der Waals surface area contributed by atoms with E-state index in [4.69, 9.17) is 4.98 Å². The average Bonchev–Trinajstić information content (AvgIpc) is 3.39. The zero-order valence-corrected chi connectivity index (χ0v) is 21.4. The van der Waals surface area contributed by atoms with Crippen molar-refractivity contribution < 1.29 is 4.79 Å². The molecular formula is C30H36N6O. The van der Waals surface area contributed by atoms with E-state index in [1.54, 1.807) is 6.20 Å². The largest absolute Gasteiger partial charge is 0.351 e. The summed E-state index contributed by atoms with van der Waals surface area (Å²) in [5.74, 6) is 0.707. The molecule has 3 N–H and O–H groups in total. The summed E-state index contributed by atoms with van der Waals surface area (Å²) in [7, 11) is 0. The van der Waals surface area contributed by atoms with Crippen LogP contribution in [0, 0.1) is 0 Å². The van der Waals surface area contributed by atoms with Gasteiger partial charge in [-0.05, 0) is 73.2 Å². The lowest BCUT2D eigenvalue weighted by atomic mass is 9.95. The van der Waals surface area contributed by atoms with E-state index in [2.05, 4.69) is 56.2 Å². The van der Waals surface area contributed by atoms with Crippen LogP contribution in [-0.4, -0.2) is 39.4 Å². The van der Waals surface area contributed by atoms with Gasteiger partial charge in [-0.25, -0.2) is 9.97 Å². The molecule has 0 radical (unpaired) electrons. The van der Waals surface area contributed by atoms with Gasteiger partial charge in [0.25, 0.3) is 0 Å². The number of nitrogens with one attached hydrogen (secondary N) is 3. The molecule has 6 rings (SSSR count). The van der Waals surface area contributed by atoms with Crippen LogP contribution < -0.4 is 16.0 Å². The highest BCUT2D eigenvalue weighted by atomic mass is 16.2. The minimum absolute atomic E-state index is 0.0902. The highest BCUT2D eigenvalue weighted by molar-refractivity contribution is 5.82. The molecule has 2 aliphatic heterocycles. The number of aromatic nitrogens is 2. The van der Waals surface area contributed by atoms with Crippen LogP contribution in [0.3, 0.4) is 0 Å². The number of hydrogen-bond donors (Lipinski definition) is 3. The van der Waals surface area contributed by atoms with Gasteiger partial charge in [0, 0.05) is 43.1 Å². The molecule has 37 heavy (non-hydrogen) atoms. The van der Waals surface area contributed by atoms with E-state index >= 15 is 0 Å². The summed E-state index contributed by atoms with van der Waals surface area (Å²) in [6.07, 6.45) is 10.3. The predicted molar refractivity (Wildman–Crippen MR) is 146 cm³/mol. The summed E-state index contributed by atoms with van der Waals surface area (Å²) in [5, 5.41) is 10.4. The minimum atomic E-state index is -0.0902. The van der Waals surface area contributed by atoms with E-state index in [0.29, 0.717) is 18.5 Å². The standard InChI is InChI=1S/C30H36N6O/c37-29-28-10-5-13-36(28)20-23-14-22(19-32-25-8-2-1-3-9-25)16-26(17-23)34-30-31-12-11-27(35-30)24-7-4-6-21(15-24)18-33-29/h4,6-7,11-12,14-17,25,28,32H,1-3,5,8-10,13,18-20H2,(H,33,37)(H,31,34,35)/t28-/m0/s1. The predicted octanol–water partition coefficient (Wildman–Crippen LogP) is 4.90. The van der Waals surface area contributed by atoms with Crippen molar-refractivity contribution in [3.05, 3.63) is 71.4 Å². The summed E-state index contributed by atoms with van der Waals surface area (Å²) >= 11 is 0. The van der Waals surface area contributed by atoms with Crippen molar-refractivity contribution in [2.75, 3.05) is 11.9 Å². The third-order valence-electron chi connectivity index (χ3n) is 7.91. The number of nitrogens with zero attached hydrogens (tertiary/aromatic N) is 3. The Balaban J connectivity index is 1.34. The highest BCUT2D eigenvalue weighted by Gasteiger charge is 2.30. The molecule has 7 heteroatoms. The average molecular weight is 497 g/mol. The third-order valence-corrected chi connectivity index (χ3v) is 7.91. The van der Waals surface area contributed by atoms with Gasteiger partial charge in [-0.3, -0.25) is 9.69 Å². The molecule has 1 amide bonds. The lowest BCUT2D eigenvalue weighted by Crippen LogP contribution is -2.42. The van der Waals surface area contributed by atoms with Crippen molar-refractivity contribution in [2.45, 2.75) is 76.7 Å². The first kappa shape index (κ1) is 24.1. The molecule has 0 spiro atoms. The second kappa shape index (κ2) is 11.0. The third kappa shape index (κ3) is 5.84. The van der Waals surface area contributed by atoms with Crippen LogP contribution in [0.5, 0.6) is 0 Å². The van der Waals surface area contributed by atoms with Crippen molar-refractivity contribution in [1.82, 2.24) is 25.5 Å². The van der Waals surface area contributed by atoms with E-state index in [-0.39, 0.29) is 11.9 Å². The number of fused-ring (bicyclic) bond motifs is 8. The molecule has 1 atom stereocenters. The van der Waals surface area contributed by atoms with Crippen LogP contribution in [0.25, 0.3) is 11.3 Å². The van der Waals surface area contributed by atoms with Gasteiger partial charge in [-0.1, -0.05) is 43.5 Å². The SMILES string of the molecule is O=C1NCc2cccc(c2)-c2ccnc(n2)Nc2cc(CNC3CCCCC3)cc(c2)CN2CCC[C@@H]12. The number of amides is 1. The highest BCUT2D eigenvalue weighted by Crippen LogP contribution is 2.26. The van der Waals surface area contributed by atoms with Crippen LogP contribution in [0.4, 0.5) is 11.6 Å². The van der Waals surface area contributed by atoms with Gasteiger partial charge in [-0.2, -0.15) is 0 Å². The van der Waals surface area contributed by atoms with Crippen molar-refractivity contribution in [1.29, 1.82) is 0 Å². The molecule has 1 aliphatic carbocycles. The Hall–Kier alpha value is -3.29. The van der Waals surface area contributed by atoms with E-state index < -0.39 is 0 Å². The second-order valence-corrected chi connectivity index (χ2v) is 10.7. The van der Waals surface area contributed by atoms with Crippen molar-refractivity contribution in [3.63, 3.8) is 0 Å². The summed E-state index contributed by atoms with van der Waals surface area (Å²) in [6, 6.07) is 17.3. The first-order chi connectivity index (χ1) is 18.2. The van der Waals surface area contributed by atoms with Gasteiger partial charge in [-0.15, -0.1) is 0 Å². The van der Waals surface area contributed by atoms with Crippen LogP contribution in [0.15, 0.2) is 54.7 Å². The lowest BCUT2D eigenvalue weighted by molar-refractivity contribution is -0.125. The fourth-order valence-electron chi connectivity index (χ4n) is 6.00. The van der Waals surface area contributed by atoms with E-state index in [1.165, 1.54) is 43.2 Å². The molecule has 1 aromatic heterocycles. The number of rotatable bonds is 3. The zero-order valence-electron chi connectivity index (χ0n) is 21.4. The number of anilines is 2. The van der Waals surface area contributed by atoms with Gasteiger partial charge < -0.3 is 16.0 Å². The normalized spacial score (nSPS) is 20.6. The molecule has 192 valence electrons. The van der Waals surface area contributed by atoms with Crippen LogP contribution in [-0.2, 0) is 24.4 Å². The smallest absolute Gasteiger partial charge is 0.237 e. The Morgan fingerprint density at radius 3 is 2.81 bits per heavy atom.